The van der Waals surface area contributed by atoms with E-state index in [1.54, 1.807) is 38.1 Å². The fraction of sp³-hybridized carbons (Fsp3) is 0.360. The summed E-state index contributed by atoms with van der Waals surface area (Å²) in [6.07, 6.45) is 2.05. The molecule has 3 aromatic rings. The van der Waals surface area contributed by atoms with E-state index in [2.05, 4.69) is 26.0 Å². The van der Waals surface area contributed by atoms with Gasteiger partial charge in [-0.3, -0.25) is 4.79 Å². The lowest BCUT2D eigenvalue weighted by molar-refractivity contribution is -0.150. The van der Waals surface area contributed by atoms with Crippen molar-refractivity contribution in [2.75, 3.05) is 20.8 Å². The first-order valence-corrected chi connectivity index (χ1v) is 12.0. The summed E-state index contributed by atoms with van der Waals surface area (Å²) >= 11 is 3.41. The largest absolute Gasteiger partial charge is 0.493 e. The molecule has 10 heteroatoms. The van der Waals surface area contributed by atoms with Crippen LogP contribution in [-0.4, -0.2) is 48.8 Å². The maximum atomic E-state index is 13.2. The molecule has 0 fully saturated rings. The Balaban J connectivity index is 2.04. The van der Waals surface area contributed by atoms with E-state index in [0.717, 1.165) is 10.9 Å². The molecule has 0 aliphatic heterocycles. The minimum absolute atomic E-state index is 0.246. The van der Waals surface area contributed by atoms with Crippen molar-refractivity contribution in [2.45, 2.75) is 39.7 Å². The minimum Gasteiger partial charge on any atom is -0.493 e. The number of hydrogen-bond acceptors (Lipinski definition) is 8. The fourth-order valence-corrected chi connectivity index (χ4v) is 3.76. The number of aromatic nitrogens is 2. The highest BCUT2D eigenvalue weighted by molar-refractivity contribution is 9.10. The van der Waals surface area contributed by atoms with Crippen molar-refractivity contribution in [3.05, 3.63) is 56.5 Å². The van der Waals surface area contributed by atoms with Crippen molar-refractivity contribution < 1.29 is 23.7 Å². The quantitative estimate of drug-likeness (QED) is 0.276. The minimum atomic E-state index is -0.865. The maximum absolute atomic E-state index is 13.2. The van der Waals surface area contributed by atoms with E-state index in [1.165, 1.54) is 25.1 Å². The van der Waals surface area contributed by atoms with Gasteiger partial charge < -0.3 is 18.9 Å². The molecule has 0 unspecified atom stereocenters. The number of methoxy groups -OCH3 is 2. The second kappa shape index (κ2) is 11.8. The van der Waals surface area contributed by atoms with Crippen molar-refractivity contribution >= 4 is 39.0 Å². The van der Waals surface area contributed by atoms with Crippen LogP contribution >= 0.6 is 15.9 Å². The standard InChI is InChI=1S/C25H28BrN3O6/c1-6-8-22-28-19-10-9-17(26)13-18(19)24(30)29(22)27-14-16-11-20(32-4)23(21(12-16)33-5)35-15(3)25(31)34-7-2/h9-15H,6-8H2,1-5H3/t15-/m0/s1. The third-order valence-electron chi connectivity index (χ3n) is 5.07. The summed E-state index contributed by atoms with van der Waals surface area (Å²) in [5.41, 5.74) is 0.949. The summed E-state index contributed by atoms with van der Waals surface area (Å²) in [5, 5.41) is 4.91. The average Bonchev–Trinajstić information content (AvgIpc) is 2.85. The fourth-order valence-electron chi connectivity index (χ4n) is 3.40. The summed E-state index contributed by atoms with van der Waals surface area (Å²) in [4.78, 5) is 29.9. The number of ether oxygens (including phenoxy) is 4. The number of hydrogen-bond donors (Lipinski definition) is 0. The zero-order valence-corrected chi connectivity index (χ0v) is 21.9. The Morgan fingerprint density at radius 3 is 2.46 bits per heavy atom. The molecule has 0 N–H and O–H groups in total. The van der Waals surface area contributed by atoms with Gasteiger partial charge in [-0.25, -0.2) is 9.78 Å². The van der Waals surface area contributed by atoms with E-state index in [1.807, 2.05) is 13.0 Å². The third-order valence-corrected chi connectivity index (χ3v) is 5.56. The number of carbonyl (C=O) groups is 1. The molecule has 186 valence electrons. The molecule has 2 aromatic carbocycles. The van der Waals surface area contributed by atoms with Crippen LogP contribution in [0.15, 0.2) is 44.7 Å². The van der Waals surface area contributed by atoms with E-state index < -0.39 is 12.1 Å². The SMILES string of the molecule is CCCc1nc2ccc(Br)cc2c(=O)n1N=Cc1cc(OC)c(O[C@@H](C)C(=O)OCC)c(OC)c1. The summed E-state index contributed by atoms with van der Waals surface area (Å²) in [7, 11) is 2.96. The van der Waals surface area contributed by atoms with Gasteiger partial charge in [0.05, 0.1) is 37.9 Å². The third kappa shape index (κ3) is 6.00. The molecule has 0 aliphatic rings. The number of halogens is 1. The Kier molecular flexibility index (Phi) is 8.86. The number of carbonyl (C=O) groups excluding carboxylic acids is 1. The summed E-state index contributed by atoms with van der Waals surface area (Å²) < 4.78 is 23.8. The lowest BCUT2D eigenvalue weighted by Gasteiger charge is -2.18. The molecular formula is C25H28BrN3O6. The van der Waals surface area contributed by atoms with Gasteiger partial charge in [0.25, 0.3) is 5.56 Å². The Morgan fingerprint density at radius 1 is 1.17 bits per heavy atom. The Bertz CT molecular complexity index is 1280. The van der Waals surface area contributed by atoms with Gasteiger partial charge in [0.2, 0.25) is 5.75 Å². The summed E-state index contributed by atoms with van der Waals surface area (Å²) in [5.74, 6) is 0.993. The molecule has 0 saturated carbocycles. The molecule has 1 atom stereocenters. The van der Waals surface area contributed by atoms with Crippen LogP contribution < -0.4 is 19.8 Å². The van der Waals surface area contributed by atoms with Gasteiger partial charge >= 0.3 is 5.97 Å². The number of nitrogens with zero attached hydrogens (tertiary/aromatic N) is 3. The van der Waals surface area contributed by atoms with E-state index in [4.69, 9.17) is 18.9 Å². The van der Waals surface area contributed by atoms with E-state index in [9.17, 15) is 9.59 Å². The van der Waals surface area contributed by atoms with E-state index in [-0.39, 0.29) is 17.9 Å². The molecule has 9 nitrogen and oxygen atoms in total. The van der Waals surface area contributed by atoms with E-state index >= 15 is 0 Å². The highest BCUT2D eigenvalue weighted by atomic mass is 79.9. The molecule has 0 radical (unpaired) electrons. The first kappa shape index (κ1) is 26.2. The van der Waals surface area contributed by atoms with Crippen LogP contribution in [0.4, 0.5) is 0 Å². The first-order valence-electron chi connectivity index (χ1n) is 11.2. The first-order chi connectivity index (χ1) is 16.8. The Hall–Kier alpha value is -3.40. The van der Waals surface area contributed by atoms with Crippen molar-refractivity contribution in [1.82, 2.24) is 9.66 Å². The number of benzene rings is 2. The highest BCUT2D eigenvalue weighted by Gasteiger charge is 2.22. The second-order valence-electron chi connectivity index (χ2n) is 7.57. The van der Waals surface area contributed by atoms with Crippen molar-refractivity contribution in [3.8, 4) is 17.2 Å². The lowest BCUT2D eigenvalue weighted by Crippen LogP contribution is -2.26. The monoisotopic (exact) mass is 545 g/mol. The molecule has 3 rings (SSSR count). The highest BCUT2D eigenvalue weighted by Crippen LogP contribution is 2.39. The number of fused-ring (bicyclic) bond motifs is 1. The molecule has 0 spiro atoms. The van der Waals surface area contributed by atoms with Gasteiger partial charge in [-0.15, -0.1) is 0 Å². The predicted molar refractivity (Wildman–Crippen MR) is 137 cm³/mol. The van der Waals surface area contributed by atoms with Crippen LogP contribution in [0.3, 0.4) is 0 Å². The smallest absolute Gasteiger partial charge is 0.347 e. The van der Waals surface area contributed by atoms with Crippen LogP contribution in [0.1, 0.15) is 38.6 Å². The molecular weight excluding hydrogens is 518 g/mol. The molecule has 1 aromatic heterocycles. The van der Waals surface area contributed by atoms with Gasteiger partial charge in [0.1, 0.15) is 5.82 Å². The topological polar surface area (TPSA) is 101 Å². The lowest BCUT2D eigenvalue weighted by atomic mass is 10.2. The average molecular weight is 546 g/mol. The van der Waals surface area contributed by atoms with Crippen LogP contribution in [0.2, 0.25) is 0 Å². The van der Waals surface area contributed by atoms with Gasteiger partial charge in [-0.2, -0.15) is 9.78 Å². The van der Waals surface area contributed by atoms with Crippen LogP contribution in [0.5, 0.6) is 17.2 Å². The van der Waals surface area contributed by atoms with E-state index in [0.29, 0.717) is 40.2 Å². The van der Waals surface area contributed by atoms with Crippen LogP contribution in [-0.2, 0) is 16.0 Å². The van der Waals surface area contributed by atoms with Crippen LogP contribution in [0.25, 0.3) is 10.9 Å². The second-order valence-corrected chi connectivity index (χ2v) is 8.48. The van der Waals surface area contributed by atoms with Crippen molar-refractivity contribution in [1.29, 1.82) is 0 Å². The van der Waals surface area contributed by atoms with Crippen molar-refractivity contribution in [3.63, 3.8) is 0 Å². The van der Waals surface area contributed by atoms with Crippen molar-refractivity contribution in [2.24, 2.45) is 5.10 Å². The Morgan fingerprint density at radius 2 is 1.86 bits per heavy atom. The van der Waals surface area contributed by atoms with Gasteiger partial charge in [0, 0.05) is 16.5 Å². The number of rotatable bonds is 10. The van der Waals surface area contributed by atoms with Gasteiger partial charge in [0.15, 0.2) is 17.6 Å². The number of esters is 1. The summed E-state index contributed by atoms with van der Waals surface area (Å²) in [6.45, 7) is 5.56. The number of aryl methyl sites for hydroxylation is 1. The summed E-state index contributed by atoms with van der Waals surface area (Å²) in [6, 6.07) is 8.74. The predicted octanol–water partition coefficient (Wildman–Crippen LogP) is 4.34. The molecule has 0 saturated heterocycles. The Labute approximate surface area is 211 Å². The van der Waals surface area contributed by atoms with Gasteiger partial charge in [-0.1, -0.05) is 22.9 Å². The molecule has 0 bridgehead atoms. The molecule has 1 heterocycles. The molecule has 35 heavy (non-hydrogen) atoms. The zero-order valence-electron chi connectivity index (χ0n) is 20.3. The van der Waals surface area contributed by atoms with Crippen LogP contribution in [0, 0.1) is 0 Å². The zero-order chi connectivity index (χ0) is 25.5. The maximum Gasteiger partial charge on any atom is 0.347 e. The van der Waals surface area contributed by atoms with Gasteiger partial charge in [-0.05, 0) is 50.6 Å². The molecule has 0 aliphatic carbocycles. The molecule has 0 amide bonds. The normalized spacial score (nSPS) is 12.1.